The number of ether oxygens (including phenoxy) is 1. The van der Waals surface area contributed by atoms with Crippen LogP contribution in [-0.2, 0) is 0 Å². The van der Waals surface area contributed by atoms with E-state index >= 15 is 0 Å². The Bertz CT molecular complexity index is 623. The Balaban J connectivity index is 2.27. The second-order valence-corrected chi connectivity index (χ2v) is 4.81. The lowest BCUT2D eigenvalue weighted by Gasteiger charge is -2.17. The van der Waals surface area contributed by atoms with Crippen molar-refractivity contribution in [1.29, 1.82) is 0 Å². The number of aryl methyl sites for hydroxylation is 2. The van der Waals surface area contributed by atoms with Crippen molar-refractivity contribution in [2.45, 2.75) is 26.8 Å². The molecule has 0 fully saturated rings. The van der Waals surface area contributed by atoms with E-state index in [-0.39, 0.29) is 11.7 Å². The molecule has 1 aromatic heterocycles. The van der Waals surface area contributed by atoms with Gasteiger partial charge in [-0.1, -0.05) is 0 Å². The fourth-order valence-corrected chi connectivity index (χ4v) is 2.25. The third-order valence-electron chi connectivity index (χ3n) is 3.24. The maximum absolute atomic E-state index is 13.9. The lowest BCUT2D eigenvalue weighted by molar-refractivity contribution is 0.416. The average molecular weight is 278 g/mol. The molecule has 1 unspecified atom stereocenters. The Morgan fingerprint density at radius 2 is 2.00 bits per heavy atom. The first-order chi connectivity index (χ1) is 9.42. The molecule has 1 aromatic carbocycles. The molecule has 2 rings (SSSR count). The molecule has 108 valence electrons. The molecule has 0 saturated heterocycles. The minimum atomic E-state index is -0.409. The van der Waals surface area contributed by atoms with E-state index in [4.69, 9.17) is 14.9 Å². The fraction of sp³-hybridized carbons (Fsp3) is 0.333. The number of furan rings is 1. The Labute approximate surface area is 117 Å². The van der Waals surface area contributed by atoms with Crippen molar-refractivity contribution in [2.75, 3.05) is 18.2 Å². The number of hydrogen-bond acceptors (Lipinski definition) is 4. The first kappa shape index (κ1) is 14.2. The highest BCUT2D eigenvalue weighted by Crippen LogP contribution is 2.31. The number of nitrogen functional groups attached to an aromatic ring is 1. The number of rotatable bonds is 4. The molecule has 0 aliphatic carbocycles. The van der Waals surface area contributed by atoms with Crippen molar-refractivity contribution >= 4 is 11.4 Å². The van der Waals surface area contributed by atoms with E-state index in [1.165, 1.54) is 13.2 Å². The molecule has 5 heteroatoms. The molecule has 0 aliphatic rings. The molecule has 4 nitrogen and oxygen atoms in total. The van der Waals surface area contributed by atoms with Crippen LogP contribution in [0.3, 0.4) is 0 Å². The van der Waals surface area contributed by atoms with Crippen LogP contribution in [0.5, 0.6) is 5.75 Å². The molecule has 3 N–H and O–H groups in total. The molecule has 0 spiro atoms. The number of nitrogens with two attached hydrogens (primary N) is 1. The standard InChI is InChI=1S/C15H19FN2O2/c1-8-5-11(10(3)20-8)9(2)18-14-7-15(19-4)13(17)6-12(14)16/h5-7,9,18H,17H2,1-4H3. The summed E-state index contributed by atoms with van der Waals surface area (Å²) in [7, 11) is 1.50. The molecule has 0 radical (unpaired) electrons. The lowest BCUT2D eigenvalue weighted by atomic mass is 10.1. The highest BCUT2D eigenvalue weighted by Gasteiger charge is 2.15. The van der Waals surface area contributed by atoms with Crippen LogP contribution in [0.2, 0.25) is 0 Å². The maximum atomic E-state index is 13.9. The van der Waals surface area contributed by atoms with Gasteiger partial charge >= 0.3 is 0 Å². The number of anilines is 2. The molecule has 20 heavy (non-hydrogen) atoms. The summed E-state index contributed by atoms with van der Waals surface area (Å²) in [5.41, 5.74) is 7.29. The third-order valence-corrected chi connectivity index (χ3v) is 3.24. The summed E-state index contributed by atoms with van der Waals surface area (Å²) in [4.78, 5) is 0. The molecule has 0 saturated carbocycles. The molecule has 0 amide bonds. The molecule has 0 bridgehead atoms. The van der Waals surface area contributed by atoms with E-state index in [0.717, 1.165) is 17.1 Å². The van der Waals surface area contributed by atoms with Crippen LogP contribution < -0.4 is 15.8 Å². The number of benzene rings is 1. The van der Waals surface area contributed by atoms with E-state index < -0.39 is 5.82 Å². The van der Waals surface area contributed by atoms with Crippen molar-refractivity contribution < 1.29 is 13.5 Å². The molecule has 2 aromatic rings. The number of methoxy groups -OCH3 is 1. The largest absolute Gasteiger partial charge is 0.495 e. The van der Waals surface area contributed by atoms with Crippen molar-refractivity contribution in [3.8, 4) is 5.75 Å². The van der Waals surface area contributed by atoms with Gasteiger partial charge in [-0.15, -0.1) is 0 Å². The van der Waals surface area contributed by atoms with Gasteiger partial charge in [-0.2, -0.15) is 0 Å². The van der Waals surface area contributed by atoms with Gasteiger partial charge in [0.1, 0.15) is 23.1 Å². The van der Waals surface area contributed by atoms with Gasteiger partial charge in [0, 0.05) is 17.7 Å². The summed E-state index contributed by atoms with van der Waals surface area (Å²) in [5, 5.41) is 3.11. The van der Waals surface area contributed by atoms with Crippen LogP contribution >= 0.6 is 0 Å². The summed E-state index contributed by atoms with van der Waals surface area (Å²) in [6.07, 6.45) is 0. The summed E-state index contributed by atoms with van der Waals surface area (Å²) in [6, 6.07) is 4.67. The Morgan fingerprint density at radius 1 is 1.30 bits per heavy atom. The average Bonchev–Trinajstić information content (AvgIpc) is 2.71. The topological polar surface area (TPSA) is 60.4 Å². The number of hydrogen-bond donors (Lipinski definition) is 2. The van der Waals surface area contributed by atoms with Crippen LogP contribution in [0.15, 0.2) is 22.6 Å². The number of halogens is 1. The fourth-order valence-electron chi connectivity index (χ4n) is 2.25. The van der Waals surface area contributed by atoms with Gasteiger partial charge in [0.05, 0.1) is 24.5 Å². The Hall–Kier alpha value is -2.17. The van der Waals surface area contributed by atoms with Crippen LogP contribution in [0.25, 0.3) is 0 Å². The summed E-state index contributed by atoms with van der Waals surface area (Å²) in [6.45, 7) is 5.72. The smallest absolute Gasteiger partial charge is 0.148 e. The highest BCUT2D eigenvalue weighted by atomic mass is 19.1. The first-order valence-electron chi connectivity index (χ1n) is 6.39. The Morgan fingerprint density at radius 3 is 2.55 bits per heavy atom. The van der Waals surface area contributed by atoms with Crippen LogP contribution in [0.4, 0.5) is 15.8 Å². The SMILES string of the molecule is COc1cc(NC(C)c2cc(C)oc2C)c(F)cc1N. The minimum Gasteiger partial charge on any atom is -0.495 e. The summed E-state index contributed by atoms with van der Waals surface area (Å²) >= 11 is 0. The molecular weight excluding hydrogens is 259 g/mol. The monoisotopic (exact) mass is 278 g/mol. The van der Waals surface area contributed by atoms with Crippen molar-refractivity contribution in [3.63, 3.8) is 0 Å². The highest BCUT2D eigenvalue weighted by molar-refractivity contribution is 5.62. The second kappa shape index (κ2) is 5.45. The zero-order chi connectivity index (χ0) is 14.9. The van der Waals surface area contributed by atoms with Crippen molar-refractivity contribution in [3.05, 3.63) is 41.1 Å². The third kappa shape index (κ3) is 2.71. The van der Waals surface area contributed by atoms with Gasteiger partial charge in [0.2, 0.25) is 0 Å². The van der Waals surface area contributed by atoms with E-state index in [1.807, 2.05) is 26.8 Å². The van der Waals surface area contributed by atoms with E-state index in [2.05, 4.69) is 5.32 Å². The first-order valence-corrected chi connectivity index (χ1v) is 6.39. The number of nitrogens with one attached hydrogen (secondary N) is 1. The normalized spacial score (nSPS) is 12.2. The van der Waals surface area contributed by atoms with Gasteiger partial charge < -0.3 is 20.2 Å². The van der Waals surface area contributed by atoms with Crippen molar-refractivity contribution in [2.24, 2.45) is 0 Å². The molecule has 0 aliphatic heterocycles. The predicted octanol–water partition coefficient (Wildman–Crippen LogP) is 3.80. The maximum Gasteiger partial charge on any atom is 0.148 e. The van der Waals surface area contributed by atoms with Gasteiger partial charge in [0.15, 0.2) is 0 Å². The summed E-state index contributed by atoms with van der Waals surface area (Å²) < 4.78 is 24.5. The van der Waals surface area contributed by atoms with E-state index in [1.54, 1.807) is 6.07 Å². The van der Waals surface area contributed by atoms with Gasteiger partial charge in [0.25, 0.3) is 0 Å². The molecule has 1 heterocycles. The van der Waals surface area contributed by atoms with Gasteiger partial charge in [-0.05, 0) is 26.8 Å². The van der Waals surface area contributed by atoms with Crippen LogP contribution in [0.1, 0.15) is 30.0 Å². The molecular formula is C15H19FN2O2. The van der Waals surface area contributed by atoms with Gasteiger partial charge in [-0.25, -0.2) is 4.39 Å². The van der Waals surface area contributed by atoms with E-state index in [0.29, 0.717) is 11.4 Å². The minimum absolute atomic E-state index is 0.0877. The van der Waals surface area contributed by atoms with E-state index in [9.17, 15) is 4.39 Å². The Kier molecular flexibility index (Phi) is 3.88. The molecule has 1 atom stereocenters. The van der Waals surface area contributed by atoms with Crippen LogP contribution in [-0.4, -0.2) is 7.11 Å². The predicted molar refractivity (Wildman–Crippen MR) is 77.6 cm³/mol. The van der Waals surface area contributed by atoms with Crippen LogP contribution in [0, 0.1) is 19.7 Å². The van der Waals surface area contributed by atoms with Gasteiger partial charge in [-0.3, -0.25) is 0 Å². The van der Waals surface area contributed by atoms with Crippen molar-refractivity contribution in [1.82, 2.24) is 0 Å². The summed E-state index contributed by atoms with van der Waals surface area (Å²) in [5.74, 6) is 1.70. The zero-order valence-corrected chi connectivity index (χ0v) is 12.1. The lowest BCUT2D eigenvalue weighted by Crippen LogP contribution is -2.09. The quantitative estimate of drug-likeness (QED) is 0.835. The zero-order valence-electron chi connectivity index (χ0n) is 12.1. The second-order valence-electron chi connectivity index (χ2n) is 4.81.